The second kappa shape index (κ2) is 8.67. The number of hydrogen-bond donors (Lipinski definition) is 4. The molecule has 2 aromatic carbocycles. The lowest BCUT2D eigenvalue weighted by Gasteiger charge is -2.41. The van der Waals surface area contributed by atoms with E-state index in [1.807, 2.05) is 42.5 Å². The van der Waals surface area contributed by atoms with Gasteiger partial charge in [0.05, 0.1) is 6.04 Å². The van der Waals surface area contributed by atoms with E-state index in [4.69, 9.17) is 16.9 Å². The normalized spacial score (nSPS) is 16.8. The van der Waals surface area contributed by atoms with Gasteiger partial charge in [-0.2, -0.15) is 0 Å². The minimum absolute atomic E-state index is 0.00560. The van der Waals surface area contributed by atoms with Crippen LogP contribution in [0.5, 0.6) is 0 Å². The second-order valence-corrected chi connectivity index (χ2v) is 6.96. The van der Waals surface area contributed by atoms with Crippen molar-refractivity contribution in [1.29, 1.82) is 5.41 Å². The molecule has 0 saturated carbocycles. The van der Waals surface area contributed by atoms with Gasteiger partial charge in [0, 0.05) is 18.7 Å². The number of carbonyl (C=O) groups excluding carboxylic acids is 2. The van der Waals surface area contributed by atoms with Crippen LogP contribution in [0.2, 0.25) is 0 Å². The molecule has 0 radical (unpaired) electrons. The number of nitrogens with zero attached hydrogens (tertiary/aromatic N) is 1. The molecule has 1 aliphatic rings. The van der Waals surface area contributed by atoms with Gasteiger partial charge < -0.3 is 21.7 Å². The summed E-state index contributed by atoms with van der Waals surface area (Å²) in [6.45, 7) is 0.901. The predicted octanol–water partition coefficient (Wildman–Crippen LogP) is 0.758. The van der Waals surface area contributed by atoms with Crippen molar-refractivity contribution < 1.29 is 9.59 Å². The number of nitrogens with two attached hydrogens (primary N) is 2. The molecule has 7 nitrogen and oxygen atoms in total. The van der Waals surface area contributed by atoms with E-state index >= 15 is 0 Å². The van der Waals surface area contributed by atoms with Crippen molar-refractivity contribution >= 4 is 17.6 Å². The number of amides is 2. The van der Waals surface area contributed by atoms with E-state index in [0.29, 0.717) is 31.5 Å². The van der Waals surface area contributed by atoms with Gasteiger partial charge in [-0.1, -0.05) is 54.6 Å². The maximum Gasteiger partial charge on any atom is 0.243 e. The van der Waals surface area contributed by atoms with Crippen LogP contribution in [0.25, 0.3) is 0 Å². The molecule has 1 fully saturated rings. The predicted molar refractivity (Wildman–Crippen MR) is 108 cm³/mol. The van der Waals surface area contributed by atoms with Crippen LogP contribution in [0.3, 0.4) is 0 Å². The molecule has 0 aromatic heterocycles. The molecule has 1 saturated heterocycles. The van der Waals surface area contributed by atoms with Gasteiger partial charge in [0.15, 0.2) is 0 Å². The van der Waals surface area contributed by atoms with Crippen molar-refractivity contribution in [2.45, 2.75) is 31.5 Å². The number of likely N-dealkylation sites (tertiary alicyclic amines) is 1. The summed E-state index contributed by atoms with van der Waals surface area (Å²) in [6, 6.07) is 15.6. The van der Waals surface area contributed by atoms with Gasteiger partial charge in [-0.15, -0.1) is 0 Å². The molecule has 2 aromatic rings. The number of carbonyl (C=O) groups is 2. The lowest BCUT2D eigenvalue weighted by molar-refractivity contribution is -0.148. The number of amidine groups is 1. The fraction of sp³-hybridized carbons (Fsp3) is 0.286. The molecule has 3 rings (SSSR count). The highest BCUT2D eigenvalue weighted by Crippen LogP contribution is 2.19. The fourth-order valence-corrected chi connectivity index (χ4v) is 3.20. The summed E-state index contributed by atoms with van der Waals surface area (Å²) in [4.78, 5) is 26.6. The number of nitrogen functional groups attached to an aromatic ring is 1. The van der Waals surface area contributed by atoms with Gasteiger partial charge in [-0.25, -0.2) is 0 Å². The molecule has 2 amide bonds. The molecule has 0 bridgehead atoms. The van der Waals surface area contributed by atoms with E-state index in [2.05, 4.69) is 5.32 Å². The molecule has 7 heteroatoms. The van der Waals surface area contributed by atoms with E-state index in [-0.39, 0.29) is 17.6 Å². The van der Waals surface area contributed by atoms with Gasteiger partial charge in [0.2, 0.25) is 11.8 Å². The van der Waals surface area contributed by atoms with Crippen LogP contribution >= 0.6 is 0 Å². The van der Waals surface area contributed by atoms with Gasteiger partial charge >= 0.3 is 0 Å². The smallest absolute Gasteiger partial charge is 0.243 e. The zero-order valence-corrected chi connectivity index (χ0v) is 15.6. The first-order valence-electron chi connectivity index (χ1n) is 9.26. The van der Waals surface area contributed by atoms with Crippen LogP contribution in [0.1, 0.15) is 23.1 Å². The lowest BCUT2D eigenvalue weighted by atomic mass is 9.98. The van der Waals surface area contributed by atoms with Crippen molar-refractivity contribution in [3.8, 4) is 0 Å². The third-order valence-electron chi connectivity index (χ3n) is 4.95. The number of nitrogens with one attached hydrogen (secondary N) is 2. The Morgan fingerprint density at radius 1 is 1.11 bits per heavy atom. The Morgan fingerprint density at radius 2 is 1.79 bits per heavy atom. The maximum atomic E-state index is 12.6. The average molecular weight is 379 g/mol. The van der Waals surface area contributed by atoms with E-state index in [9.17, 15) is 9.59 Å². The molecule has 6 N–H and O–H groups in total. The zero-order valence-electron chi connectivity index (χ0n) is 15.6. The van der Waals surface area contributed by atoms with Crippen LogP contribution in [-0.2, 0) is 22.6 Å². The minimum atomic E-state index is -0.655. The summed E-state index contributed by atoms with van der Waals surface area (Å²) >= 11 is 0. The molecular formula is C21H25N5O2. The first-order chi connectivity index (χ1) is 13.5. The molecule has 1 heterocycles. The van der Waals surface area contributed by atoms with Gasteiger partial charge in [-0.3, -0.25) is 15.0 Å². The van der Waals surface area contributed by atoms with Crippen LogP contribution in [0.4, 0.5) is 0 Å². The van der Waals surface area contributed by atoms with Crippen LogP contribution < -0.4 is 16.8 Å². The zero-order chi connectivity index (χ0) is 20.1. The summed E-state index contributed by atoms with van der Waals surface area (Å²) in [5.41, 5.74) is 14.0. The number of rotatable bonds is 7. The summed E-state index contributed by atoms with van der Waals surface area (Å²) in [5, 5.41) is 10.3. The molecule has 146 valence electrons. The summed E-state index contributed by atoms with van der Waals surface area (Å²) < 4.78 is 0. The Morgan fingerprint density at radius 3 is 2.36 bits per heavy atom. The summed E-state index contributed by atoms with van der Waals surface area (Å²) in [5.74, 6) is -0.366. The topological polar surface area (TPSA) is 125 Å². The van der Waals surface area contributed by atoms with E-state index < -0.39 is 12.1 Å². The monoisotopic (exact) mass is 379 g/mol. The van der Waals surface area contributed by atoms with Gasteiger partial charge in [0.1, 0.15) is 11.9 Å². The van der Waals surface area contributed by atoms with Crippen LogP contribution in [0, 0.1) is 5.41 Å². The minimum Gasteiger partial charge on any atom is -0.384 e. The highest BCUT2D eigenvalue weighted by Gasteiger charge is 2.39. The summed E-state index contributed by atoms with van der Waals surface area (Å²) in [7, 11) is 0. The quantitative estimate of drug-likeness (QED) is 0.418. The Balaban J connectivity index is 1.51. The molecular weight excluding hydrogens is 354 g/mol. The van der Waals surface area contributed by atoms with Crippen molar-refractivity contribution in [3.63, 3.8) is 0 Å². The number of benzene rings is 2. The highest BCUT2D eigenvalue weighted by molar-refractivity contribution is 5.95. The molecule has 0 aliphatic carbocycles. The molecule has 0 spiro atoms. The van der Waals surface area contributed by atoms with E-state index in [1.54, 1.807) is 17.0 Å². The average Bonchev–Trinajstić information content (AvgIpc) is 2.66. The third-order valence-corrected chi connectivity index (χ3v) is 4.95. The molecule has 1 aliphatic heterocycles. The molecule has 2 atom stereocenters. The largest absolute Gasteiger partial charge is 0.384 e. The number of hydrogen-bond acceptors (Lipinski definition) is 4. The van der Waals surface area contributed by atoms with Gasteiger partial charge in [-0.05, 0) is 24.0 Å². The van der Waals surface area contributed by atoms with Crippen LogP contribution in [-0.4, -0.2) is 41.2 Å². The van der Waals surface area contributed by atoms with Crippen LogP contribution in [0.15, 0.2) is 54.6 Å². The van der Waals surface area contributed by atoms with Crippen molar-refractivity contribution in [3.05, 3.63) is 71.3 Å². The van der Waals surface area contributed by atoms with Crippen molar-refractivity contribution in [1.82, 2.24) is 10.2 Å². The Hall–Kier alpha value is -3.19. The Labute approximate surface area is 164 Å². The maximum absolute atomic E-state index is 12.6. The second-order valence-electron chi connectivity index (χ2n) is 6.96. The van der Waals surface area contributed by atoms with Crippen molar-refractivity contribution in [2.24, 2.45) is 11.5 Å². The highest BCUT2D eigenvalue weighted by atomic mass is 16.2. The van der Waals surface area contributed by atoms with E-state index in [1.165, 1.54) is 0 Å². The summed E-state index contributed by atoms with van der Waals surface area (Å²) in [6.07, 6.45) is 1.09. The third kappa shape index (κ3) is 4.55. The van der Waals surface area contributed by atoms with E-state index in [0.717, 1.165) is 11.1 Å². The SMILES string of the molecule is N=C(N)c1ccc(CNC(=O)[C@@H]2CCN2C(=O)[C@H](N)Cc2ccccc2)cc1. The lowest BCUT2D eigenvalue weighted by Crippen LogP contribution is -2.61. The Kier molecular flexibility index (Phi) is 6.06. The molecule has 28 heavy (non-hydrogen) atoms. The van der Waals surface area contributed by atoms with Crippen molar-refractivity contribution in [2.75, 3.05) is 6.54 Å². The fourth-order valence-electron chi connectivity index (χ4n) is 3.20. The first kappa shape index (κ1) is 19.6. The molecule has 0 unspecified atom stereocenters. The Bertz CT molecular complexity index is 851. The standard InChI is InChI=1S/C21H25N5O2/c22-17(12-14-4-2-1-3-5-14)21(28)26-11-10-18(26)20(27)25-13-15-6-8-16(9-7-15)19(23)24/h1-9,17-18H,10-13,22H2,(H3,23,24)(H,25,27)/t17-,18+/m1/s1. The first-order valence-corrected chi connectivity index (χ1v) is 9.26. The van der Waals surface area contributed by atoms with Gasteiger partial charge in [0.25, 0.3) is 0 Å².